The zero-order chi connectivity index (χ0) is 14.2. The third kappa shape index (κ3) is 3.73. The number of aryl methyl sites for hydroxylation is 1. The van der Waals surface area contributed by atoms with Crippen LogP contribution in [0.2, 0.25) is 0 Å². The van der Waals surface area contributed by atoms with Gasteiger partial charge in [0.1, 0.15) is 0 Å². The third-order valence-electron chi connectivity index (χ3n) is 2.79. The van der Waals surface area contributed by atoms with Crippen molar-refractivity contribution < 1.29 is 0 Å². The van der Waals surface area contributed by atoms with Crippen LogP contribution in [0.25, 0.3) is 0 Å². The van der Waals surface area contributed by atoms with Crippen molar-refractivity contribution in [3.8, 4) is 0 Å². The average molecular weight is 577 g/mol. The van der Waals surface area contributed by atoms with Gasteiger partial charge in [-0.25, -0.2) is 0 Å². The molecule has 5 heteroatoms. The first-order valence-corrected chi connectivity index (χ1v) is 9.53. The van der Waals surface area contributed by atoms with Crippen LogP contribution in [0.15, 0.2) is 48.2 Å². The highest BCUT2D eigenvalue weighted by atomic mass is 79.9. The normalized spacial score (nSPS) is 12.5. The summed E-state index contributed by atoms with van der Waals surface area (Å²) in [5.41, 5.74) is 3.60. The van der Waals surface area contributed by atoms with Crippen LogP contribution in [0, 0.1) is 6.92 Å². The maximum absolute atomic E-state index is 3.78. The van der Waals surface area contributed by atoms with Crippen molar-refractivity contribution in [2.45, 2.75) is 11.8 Å². The Hall–Kier alpha value is 0.840. The molecule has 2 aromatic rings. The highest BCUT2D eigenvalue weighted by Gasteiger charge is 2.17. The van der Waals surface area contributed by atoms with Crippen molar-refractivity contribution in [3.63, 3.8) is 0 Å². The molecule has 0 amide bonds. The van der Waals surface area contributed by atoms with Crippen molar-refractivity contribution in [1.29, 1.82) is 0 Å². The van der Waals surface area contributed by atoms with Gasteiger partial charge in [-0.1, -0.05) is 85.7 Å². The minimum Gasteiger partial charge on any atom is -0.0786 e. The van der Waals surface area contributed by atoms with Gasteiger partial charge < -0.3 is 0 Å². The SMILES string of the molecule is Cc1cc(Br)c(C(Br)c2ccc(Br)cc2Br)cc1Br. The van der Waals surface area contributed by atoms with Crippen molar-refractivity contribution in [2.24, 2.45) is 0 Å². The van der Waals surface area contributed by atoms with Gasteiger partial charge in [0.05, 0.1) is 4.83 Å². The molecule has 0 saturated heterocycles. The molecule has 2 aromatic carbocycles. The van der Waals surface area contributed by atoms with Crippen molar-refractivity contribution >= 4 is 79.6 Å². The molecule has 0 spiro atoms. The van der Waals surface area contributed by atoms with Crippen LogP contribution in [0.5, 0.6) is 0 Å². The average Bonchev–Trinajstić information content (AvgIpc) is 2.33. The van der Waals surface area contributed by atoms with E-state index in [0.29, 0.717) is 0 Å². The first-order chi connectivity index (χ1) is 8.90. The number of hydrogen-bond donors (Lipinski definition) is 0. The molecule has 0 aliphatic rings. The predicted molar refractivity (Wildman–Crippen MR) is 99.2 cm³/mol. The Morgan fingerprint density at radius 3 is 2.05 bits per heavy atom. The van der Waals surface area contributed by atoms with Gasteiger partial charge in [0.2, 0.25) is 0 Å². The van der Waals surface area contributed by atoms with Crippen molar-refractivity contribution in [1.82, 2.24) is 0 Å². The minimum atomic E-state index is 0.126. The van der Waals surface area contributed by atoms with Crippen LogP contribution < -0.4 is 0 Å². The van der Waals surface area contributed by atoms with Crippen molar-refractivity contribution in [2.75, 3.05) is 0 Å². The summed E-state index contributed by atoms with van der Waals surface area (Å²) in [5, 5.41) is 0. The summed E-state index contributed by atoms with van der Waals surface area (Å²) in [6, 6.07) is 10.5. The molecule has 0 bridgehead atoms. The molecule has 0 radical (unpaired) electrons. The van der Waals surface area contributed by atoms with Gasteiger partial charge in [-0.05, 0) is 47.9 Å². The fourth-order valence-electron chi connectivity index (χ4n) is 1.73. The lowest BCUT2D eigenvalue weighted by molar-refractivity contribution is 1.14. The Morgan fingerprint density at radius 2 is 1.42 bits per heavy atom. The highest BCUT2D eigenvalue weighted by molar-refractivity contribution is 9.11. The van der Waals surface area contributed by atoms with E-state index in [9.17, 15) is 0 Å². The van der Waals surface area contributed by atoms with E-state index in [2.05, 4.69) is 111 Å². The Labute approximate surface area is 155 Å². The quantitative estimate of drug-likeness (QED) is 0.324. The zero-order valence-electron chi connectivity index (χ0n) is 9.85. The minimum absolute atomic E-state index is 0.126. The molecule has 0 N–H and O–H groups in total. The fourth-order valence-corrected chi connectivity index (χ4v) is 5.45. The lowest BCUT2D eigenvalue weighted by Crippen LogP contribution is -1.96. The molecule has 0 fully saturated rings. The van der Waals surface area contributed by atoms with Crippen LogP contribution in [-0.4, -0.2) is 0 Å². The van der Waals surface area contributed by atoms with Crippen LogP contribution in [0.4, 0.5) is 0 Å². The van der Waals surface area contributed by atoms with Gasteiger partial charge in [0.15, 0.2) is 0 Å². The van der Waals surface area contributed by atoms with Gasteiger partial charge in [-0.3, -0.25) is 0 Å². The number of benzene rings is 2. The molecule has 2 rings (SSSR count). The molecule has 1 unspecified atom stereocenters. The second kappa shape index (κ2) is 6.73. The van der Waals surface area contributed by atoms with E-state index in [-0.39, 0.29) is 4.83 Å². The molecular weight excluding hydrogens is 568 g/mol. The summed E-state index contributed by atoms with van der Waals surface area (Å²) >= 11 is 18.1. The van der Waals surface area contributed by atoms with E-state index in [0.717, 1.165) is 17.9 Å². The Kier molecular flexibility index (Phi) is 5.75. The first kappa shape index (κ1) is 16.2. The monoisotopic (exact) mass is 572 g/mol. The van der Waals surface area contributed by atoms with E-state index in [1.165, 1.54) is 16.7 Å². The van der Waals surface area contributed by atoms with Gasteiger partial charge in [0, 0.05) is 17.9 Å². The van der Waals surface area contributed by atoms with Crippen LogP contribution in [-0.2, 0) is 0 Å². The molecule has 0 aliphatic carbocycles. The van der Waals surface area contributed by atoms with E-state index in [1.54, 1.807) is 0 Å². The first-order valence-electron chi connectivity index (χ1n) is 5.44. The number of rotatable bonds is 2. The summed E-state index contributed by atoms with van der Waals surface area (Å²) in [6.45, 7) is 2.08. The zero-order valence-corrected chi connectivity index (χ0v) is 17.8. The van der Waals surface area contributed by atoms with Gasteiger partial charge in [0.25, 0.3) is 0 Å². The molecule has 0 aromatic heterocycles. The predicted octanol–water partition coefficient (Wildman–Crippen LogP) is 7.53. The van der Waals surface area contributed by atoms with Crippen LogP contribution in [0.3, 0.4) is 0 Å². The number of halogens is 5. The van der Waals surface area contributed by atoms with E-state index in [4.69, 9.17) is 0 Å². The van der Waals surface area contributed by atoms with Gasteiger partial charge in [-0.15, -0.1) is 0 Å². The molecule has 1 atom stereocenters. The summed E-state index contributed by atoms with van der Waals surface area (Å²) < 4.78 is 4.35. The topological polar surface area (TPSA) is 0 Å². The summed E-state index contributed by atoms with van der Waals surface area (Å²) in [7, 11) is 0. The maximum atomic E-state index is 3.78. The molecule has 0 saturated carbocycles. The molecule has 0 nitrogen and oxygen atoms in total. The smallest absolute Gasteiger partial charge is 0.0666 e. The van der Waals surface area contributed by atoms with E-state index >= 15 is 0 Å². The van der Waals surface area contributed by atoms with Crippen LogP contribution >= 0.6 is 79.6 Å². The second-order valence-corrected chi connectivity index (χ2v) is 8.55. The fraction of sp³-hybridized carbons (Fsp3) is 0.143. The van der Waals surface area contributed by atoms with E-state index in [1.807, 2.05) is 6.07 Å². The molecule has 19 heavy (non-hydrogen) atoms. The Balaban J connectivity index is 2.49. The molecule has 0 heterocycles. The van der Waals surface area contributed by atoms with Crippen molar-refractivity contribution in [3.05, 3.63) is 64.9 Å². The third-order valence-corrected chi connectivity index (χ3v) is 6.49. The maximum Gasteiger partial charge on any atom is 0.0666 e. The highest BCUT2D eigenvalue weighted by Crippen LogP contribution is 2.41. The van der Waals surface area contributed by atoms with Crippen LogP contribution in [0.1, 0.15) is 21.5 Å². The van der Waals surface area contributed by atoms with Gasteiger partial charge >= 0.3 is 0 Å². The Morgan fingerprint density at radius 1 is 0.789 bits per heavy atom. The molecule has 0 aliphatic heterocycles. The lowest BCUT2D eigenvalue weighted by atomic mass is 10.0. The molecular formula is C14H9Br5. The largest absolute Gasteiger partial charge is 0.0786 e. The Bertz CT molecular complexity index is 621. The van der Waals surface area contributed by atoms with Gasteiger partial charge in [-0.2, -0.15) is 0 Å². The second-order valence-electron chi connectivity index (χ2n) is 4.15. The number of alkyl halides is 1. The lowest BCUT2D eigenvalue weighted by Gasteiger charge is -2.16. The summed E-state index contributed by atoms with van der Waals surface area (Å²) in [4.78, 5) is 0.126. The van der Waals surface area contributed by atoms with E-state index < -0.39 is 0 Å². The summed E-state index contributed by atoms with van der Waals surface area (Å²) in [6.07, 6.45) is 0. The number of hydrogen-bond acceptors (Lipinski definition) is 0. The summed E-state index contributed by atoms with van der Waals surface area (Å²) in [5.74, 6) is 0. The molecule has 100 valence electrons. The standard InChI is InChI=1S/C14H9Br5/c1-7-4-12(17)10(6-11(7)16)14(19)9-3-2-8(15)5-13(9)18/h2-6,14H,1H3.